The first-order valence-electron chi connectivity index (χ1n) is 3.70. The SMILES string of the molecule is CC(C)NC(CO)(CO)CO. The van der Waals surface area contributed by atoms with Gasteiger partial charge < -0.3 is 20.6 Å². The summed E-state index contributed by atoms with van der Waals surface area (Å²) in [7, 11) is 0. The Hall–Kier alpha value is -0.160. The normalized spacial score (nSPS) is 12.5. The molecule has 0 aromatic rings. The standard InChI is InChI=1S/C7H17NO3/c1-6(2)8-7(3-9,4-10)5-11/h6,8-11H,3-5H2,1-2H3. The fourth-order valence-corrected chi connectivity index (χ4v) is 0.899. The van der Waals surface area contributed by atoms with E-state index in [1.165, 1.54) is 0 Å². The van der Waals surface area contributed by atoms with E-state index in [0.29, 0.717) is 0 Å². The van der Waals surface area contributed by atoms with Gasteiger partial charge in [-0.1, -0.05) is 13.8 Å². The first-order valence-corrected chi connectivity index (χ1v) is 3.70. The van der Waals surface area contributed by atoms with Crippen LogP contribution in [0, 0.1) is 0 Å². The molecule has 0 aromatic heterocycles. The van der Waals surface area contributed by atoms with Gasteiger partial charge in [-0.05, 0) is 0 Å². The number of aliphatic hydroxyl groups excluding tert-OH is 3. The summed E-state index contributed by atoms with van der Waals surface area (Å²) in [5, 5.41) is 29.4. The van der Waals surface area contributed by atoms with Crippen molar-refractivity contribution in [3.8, 4) is 0 Å². The fourth-order valence-electron chi connectivity index (χ4n) is 0.899. The van der Waals surface area contributed by atoms with E-state index in [1.54, 1.807) is 0 Å². The molecule has 0 radical (unpaired) electrons. The second-order valence-electron chi connectivity index (χ2n) is 3.05. The molecule has 0 aromatic carbocycles. The summed E-state index contributed by atoms with van der Waals surface area (Å²) in [6.07, 6.45) is 0. The van der Waals surface area contributed by atoms with Crippen LogP contribution in [0.15, 0.2) is 0 Å². The van der Waals surface area contributed by atoms with Crippen LogP contribution in [0.4, 0.5) is 0 Å². The summed E-state index contributed by atoms with van der Waals surface area (Å²) in [4.78, 5) is 0. The van der Waals surface area contributed by atoms with Crippen molar-refractivity contribution in [1.29, 1.82) is 0 Å². The zero-order chi connectivity index (χ0) is 8.91. The van der Waals surface area contributed by atoms with E-state index in [9.17, 15) is 0 Å². The molecular formula is C7H17NO3. The van der Waals surface area contributed by atoms with Gasteiger partial charge in [-0.2, -0.15) is 0 Å². The summed E-state index contributed by atoms with van der Waals surface area (Å²) >= 11 is 0. The zero-order valence-electron chi connectivity index (χ0n) is 7.04. The molecule has 0 saturated carbocycles. The van der Waals surface area contributed by atoms with Crippen LogP contribution in [0.3, 0.4) is 0 Å². The molecule has 0 aliphatic heterocycles. The van der Waals surface area contributed by atoms with Crippen LogP contribution < -0.4 is 5.32 Å². The van der Waals surface area contributed by atoms with Crippen LogP contribution in [0.5, 0.6) is 0 Å². The van der Waals surface area contributed by atoms with Gasteiger partial charge in [0.05, 0.1) is 25.4 Å². The molecule has 0 fully saturated rings. The van der Waals surface area contributed by atoms with Crippen LogP contribution >= 0.6 is 0 Å². The monoisotopic (exact) mass is 163 g/mol. The fraction of sp³-hybridized carbons (Fsp3) is 1.00. The average molecular weight is 163 g/mol. The van der Waals surface area contributed by atoms with E-state index in [-0.39, 0.29) is 25.9 Å². The Morgan fingerprint density at radius 1 is 1.09 bits per heavy atom. The van der Waals surface area contributed by atoms with E-state index >= 15 is 0 Å². The van der Waals surface area contributed by atoms with Crippen molar-refractivity contribution in [1.82, 2.24) is 5.32 Å². The molecule has 4 nitrogen and oxygen atoms in total. The quantitative estimate of drug-likeness (QED) is 0.406. The summed E-state index contributed by atoms with van der Waals surface area (Å²) in [5.41, 5.74) is -0.936. The number of hydrogen-bond donors (Lipinski definition) is 4. The zero-order valence-corrected chi connectivity index (χ0v) is 7.04. The van der Waals surface area contributed by atoms with Gasteiger partial charge in [0.1, 0.15) is 0 Å². The van der Waals surface area contributed by atoms with Crippen LogP contribution in [-0.2, 0) is 0 Å². The van der Waals surface area contributed by atoms with Crippen molar-refractivity contribution in [2.75, 3.05) is 19.8 Å². The van der Waals surface area contributed by atoms with Crippen molar-refractivity contribution < 1.29 is 15.3 Å². The highest BCUT2D eigenvalue weighted by Gasteiger charge is 2.27. The average Bonchev–Trinajstić information content (AvgIpc) is 2.00. The Morgan fingerprint density at radius 2 is 1.45 bits per heavy atom. The molecule has 0 heterocycles. The number of rotatable bonds is 5. The van der Waals surface area contributed by atoms with Gasteiger partial charge in [-0.25, -0.2) is 0 Å². The lowest BCUT2D eigenvalue weighted by atomic mass is 10.0. The molecule has 11 heavy (non-hydrogen) atoms. The second-order valence-corrected chi connectivity index (χ2v) is 3.05. The molecule has 0 atom stereocenters. The minimum atomic E-state index is -0.936. The van der Waals surface area contributed by atoms with Crippen LogP contribution in [-0.4, -0.2) is 46.7 Å². The first-order chi connectivity index (χ1) is 5.10. The Balaban J connectivity index is 4.05. The third-order valence-electron chi connectivity index (χ3n) is 1.50. The lowest BCUT2D eigenvalue weighted by molar-refractivity contribution is 0.0370. The molecule has 0 spiro atoms. The molecular weight excluding hydrogens is 146 g/mol. The van der Waals surface area contributed by atoms with Gasteiger partial charge in [-0.3, -0.25) is 0 Å². The number of nitrogens with one attached hydrogen (secondary N) is 1. The lowest BCUT2D eigenvalue weighted by Gasteiger charge is -2.30. The van der Waals surface area contributed by atoms with Crippen molar-refractivity contribution in [3.63, 3.8) is 0 Å². The van der Waals surface area contributed by atoms with E-state index < -0.39 is 5.54 Å². The third kappa shape index (κ3) is 3.16. The maximum Gasteiger partial charge on any atom is 0.0883 e. The maximum absolute atomic E-state index is 8.84. The van der Waals surface area contributed by atoms with Crippen molar-refractivity contribution in [3.05, 3.63) is 0 Å². The van der Waals surface area contributed by atoms with Gasteiger partial charge in [0.25, 0.3) is 0 Å². The molecule has 0 rings (SSSR count). The second kappa shape index (κ2) is 4.66. The van der Waals surface area contributed by atoms with Gasteiger partial charge in [0.15, 0.2) is 0 Å². The summed E-state index contributed by atoms with van der Waals surface area (Å²) in [6.45, 7) is 2.97. The first kappa shape index (κ1) is 10.8. The highest BCUT2D eigenvalue weighted by atomic mass is 16.3. The smallest absolute Gasteiger partial charge is 0.0883 e. The molecule has 68 valence electrons. The Bertz CT molecular complexity index is 93.6. The van der Waals surface area contributed by atoms with Gasteiger partial charge in [0, 0.05) is 6.04 Å². The minimum absolute atomic E-state index is 0.126. The molecule has 0 unspecified atom stereocenters. The Kier molecular flexibility index (Phi) is 4.60. The summed E-state index contributed by atoms with van der Waals surface area (Å²) in [5.74, 6) is 0. The van der Waals surface area contributed by atoms with E-state index in [2.05, 4.69) is 5.32 Å². The van der Waals surface area contributed by atoms with E-state index in [0.717, 1.165) is 0 Å². The molecule has 0 amide bonds. The third-order valence-corrected chi connectivity index (χ3v) is 1.50. The van der Waals surface area contributed by atoms with Crippen molar-refractivity contribution in [2.45, 2.75) is 25.4 Å². The molecule has 4 N–H and O–H groups in total. The molecule has 0 aliphatic rings. The van der Waals surface area contributed by atoms with Crippen molar-refractivity contribution in [2.24, 2.45) is 0 Å². The molecule has 0 aliphatic carbocycles. The van der Waals surface area contributed by atoms with Crippen LogP contribution in [0.2, 0.25) is 0 Å². The molecule has 4 heteroatoms. The summed E-state index contributed by atoms with van der Waals surface area (Å²) < 4.78 is 0. The Morgan fingerprint density at radius 3 is 1.55 bits per heavy atom. The highest BCUT2D eigenvalue weighted by Crippen LogP contribution is 2.02. The number of hydrogen-bond acceptors (Lipinski definition) is 4. The molecule has 0 bridgehead atoms. The Labute approximate surface area is 66.9 Å². The molecule has 0 saturated heterocycles. The predicted octanol–water partition coefficient (Wildman–Crippen LogP) is -1.30. The van der Waals surface area contributed by atoms with Gasteiger partial charge in [-0.15, -0.1) is 0 Å². The van der Waals surface area contributed by atoms with Crippen molar-refractivity contribution >= 4 is 0 Å². The maximum atomic E-state index is 8.84. The largest absolute Gasteiger partial charge is 0.394 e. The van der Waals surface area contributed by atoms with E-state index in [1.807, 2.05) is 13.8 Å². The lowest BCUT2D eigenvalue weighted by Crippen LogP contribution is -2.57. The van der Waals surface area contributed by atoms with Crippen LogP contribution in [0.25, 0.3) is 0 Å². The highest BCUT2D eigenvalue weighted by molar-refractivity contribution is 4.87. The van der Waals surface area contributed by atoms with Crippen LogP contribution in [0.1, 0.15) is 13.8 Å². The summed E-state index contributed by atoms with van der Waals surface area (Å²) in [6, 6.07) is 0.126. The number of aliphatic hydroxyl groups is 3. The predicted molar refractivity (Wildman–Crippen MR) is 42.3 cm³/mol. The van der Waals surface area contributed by atoms with Gasteiger partial charge >= 0.3 is 0 Å². The van der Waals surface area contributed by atoms with Gasteiger partial charge in [0.2, 0.25) is 0 Å². The minimum Gasteiger partial charge on any atom is -0.394 e. The topological polar surface area (TPSA) is 72.7 Å². The van der Waals surface area contributed by atoms with E-state index in [4.69, 9.17) is 15.3 Å².